The highest BCUT2D eigenvalue weighted by atomic mass is 32.2. The largest absolute Gasteiger partial charge is 0.324 e. The first kappa shape index (κ1) is 23.8. The smallest absolute Gasteiger partial charge is 0.245 e. The number of fused-ring (bicyclic) bond motifs is 1. The maximum Gasteiger partial charge on any atom is 0.245 e. The first-order chi connectivity index (χ1) is 15.8. The lowest BCUT2D eigenvalue weighted by atomic mass is 9.96. The number of likely N-dealkylation sites (N-methyl/N-ethyl adjacent to an activating group) is 1. The lowest BCUT2D eigenvalue weighted by Crippen LogP contribution is -2.38. The van der Waals surface area contributed by atoms with Crippen molar-refractivity contribution < 1.29 is 13.2 Å². The number of amides is 1. The van der Waals surface area contributed by atoms with Gasteiger partial charge in [-0.05, 0) is 44.2 Å². The number of nitrogens with one attached hydrogen (secondary N) is 1. The van der Waals surface area contributed by atoms with E-state index in [0.29, 0.717) is 12.2 Å². The zero-order valence-electron chi connectivity index (χ0n) is 19.0. The molecule has 2 aromatic carbocycles. The van der Waals surface area contributed by atoms with Crippen LogP contribution in [0, 0.1) is 0 Å². The number of thiazole rings is 1. The first-order valence-electron chi connectivity index (χ1n) is 11.2. The number of carbonyl (C=O) groups excluding carboxylic acids is 1. The molecule has 1 N–H and O–H groups in total. The zero-order valence-corrected chi connectivity index (χ0v) is 20.7. The van der Waals surface area contributed by atoms with E-state index in [1.165, 1.54) is 4.31 Å². The quantitative estimate of drug-likeness (QED) is 0.513. The topological polar surface area (TPSA) is 82.6 Å². The molecule has 0 spiro atoms. The van der Waals surface area contributed by atoms with Crippen LogP contribution >= 0.6 is 11.3 Å². The maximum atomic E-state index is 13.3. The third-order valence-corrected chi connectivity index (χ3v) is 9.05. The average molecular weight is 487 g/mol. The number of rotatable bonds is 8. The molecule has 1 aliphatic rings. The molecule has 9 heteroatoms. The Labute approximate surface area is 199 Å². The summed E-state index contributed by atoms with van der Waals surface area (Å²) in [7, 11) is -0.209. The number of nitrogens with zero attached hydrogens (tertiary/aromatic N) is 3. The molecule has 0 aliphatic heterocycles. The van der Waals surface area contributed by atoms with E-state index in [1.807, 2.05) is 36.2 Å². The Morgan fingerprint density at radius 1 is 1.06 bits per heavy atom. The molecule has 0 atom stereocenters. The maximum absolute atomic E-state index is 13.3. The minimum atomic E-state index is -3.71. The van der Waals surface area contributed by atoms with Crippen molar-refractivity contribution in [2.24, 2.45) is 0 Å². The molecule has 1 heterocycles. The minimum absolute atomic E-state index is 0.00690. The molecule has 4 rings (SSSR count). The standard InChI is InChI=1S/C24H30N4O3S2/c1-27(17-24-26-19-12-6-8-14-21(19)32-24)16-23(29)25-20-13-7-9-15-22(20)33(30,31)28(2)18-10-4-3-5-11-18/h6-9,12-15,18H,3-5,10-11,16-17H2,1-2H3,(H,25,29). The van der Waals surface area contributed by atoms with Gasteiger partial charge < -0.3 is 5.32 Å². The molecule has 33 heavy (non-hydrogen) atoms. The first-order valence-corrected chi connectivity index (χ1v) is 13.5. The summed E-state index contributed by atoms with van der Waals surface area (Å²) >= 11 is 1.61. The Bertz CT molecular complexity index is 1190. The molecule has 1 amide bonds. The van der Waals surface area contributed by atoms with Crippen molar-refractivity contribution in [3.63, 3.8) is 0 Å². The minimum Gasteiger partial charge on any atom is -0.324 e. The second-order valence-corrected chi connectivity index (χ2v) is 11.7. The van der Waals surface area contributed by atoms with Crippen LogP contribution in [0.2, 0.25) is 0 Å². The van der Waals surface area contributed by atoms with Crippen LogP contribution in [-0.4, -0.2) is 55.2 Å². The molecular weight excluding hydrogens is 456 g/mol. The Morgan fingerprint density at radius 2 is 1.76 bits per heavy atom. The molecule has 0 radical (unpaired) electrons. The van der Waals surface area contributed by atoms with Crippen LogP contribution in [0.5, 0.6) is 0 Å². The average Bonchev–Trinajstić information content (AvgIpc) is 3.21. The van der Waals surface area contributed by atoms with Crippen LogP contribution in [-0.2, 0) is 21.4 Å². The van der Waals surface area contributed by atoms with Gasteiger partial charge in [0.2, 0.25) is 15.9 Å². The van der Waals surface area contributed by atoms with Crippen LogP contribution < -0.4 is 5.32 Å². The van der Waals surface area contributed by atoms with Crippen LogP contribution in [0.4, 0.5) is 5.69 Å². The zero-order chi connectivity index (χ0) is 23.4. The molecule has 0 bridgehead atoms. The number of hydrogen-bond acceptors (Lipinski definition) is 6. The molecule has 0 saturated heterocycles. The number of aromatic nitrogens is 1. The summed E-state index contributed by atoms with van der Waals surface area (Å²) in [5.74, 6) is -0.262. The van der Waals surface area contributed by atoms with Crippen molar-refractivity contribution in [3.8, 4) is 0 Å². The summed E-state index contributed by atoms with van der Waals surface area (Å²) in [5, 5.41) is 3.75. The Kier molecular flexibility index (Phi) is 7.43. The lowest BCUT2D eigenvalue weighted by Gasteiger charge is -2.31. The Hall–Kier alpha value is -2.33. The number of benzene rings is 2. The molecule has 0 unspecified atom stereocenters. The second-order valence-electron chi connectivity index (χ2n) is 8.61. The third-order valence-electron chi connectivity index (χ3n) is 6.06. The number of carbonyl (C=O) groups is 1. The summed E-state index contributed by atoms with van der Waals surface area (Å²) in [6.45, 7) is 0.667. The number of hydrogen-bond donors (Lipinski definition) is 1. The summed E-state index contributed by atoms with van der Waals surface area (Å²) < 4.78 is 29.3. The van der Waals surface area contributed by atoms with Gasteiger partial charge in [-0.25, -0.2) is 13.4 Å². The van der Waals surface area contributed by atoms with Crippen LogP contribution in [0.1, 0.15) is 37.1 Å². The van der Waals surface area contributed by atoms with Gasteiger partial charge in [0, 0.05) is 13.1 Å². The monoisotopic (exact) mass is 486 g/mol. The molecule has 1 saturated carbocycles. The molecule has 1 aromatic heterocycles. The van der Waals surface area contributed by atoms with Crippen molar-refractivity contribution in [3.05, 3.63) is 53.5 Å². The van der Waals surface area contributed by atoms with Crippen molar-refractivity contribution in [2.45, 2.75) is 49.6 Å². The lowest BCUT2D eigenvalue weighted by molar-refractivity contribution is -0.117. The van der Waals surface area contributed by atoms with Crippen LogP contribution in [0.3, 0.4) is 0 Å². The second kappa shape index (κ2) is 10.3. The van der Waals surface area contributed by atoms with Gasteiger partial charge in [0.05, 0.1) is 29.0 Å². The normalized spacial score (nSPS) is 15.4. The van der Waals surface area contributed by atoms with Gasteiger partial charge in [-0.3, -0.25) is 9.69 Å². The summed E-state index contributed by atoms with van der Waals surface area (Å²) in [4.78, 5) is 19.4. The van der Waals surface area contributed by atoms with Gasteiger partial charge >= 0.3 is 0 Å². The van der Waals surface area contributed by atoms with E-state index in [2.05, 4.69) is 10.3 Å². The Balaban J connectivity index is 1.42. The predicted octanol–water partition coefficient (Wildman–Crippen LogP) is 4.32. The van der Waals surface area contributed by atoms with Gasteiger partial charge in [-0.1, -0.05) is 43.5 Å². The summed E-state index contributed by atoms with van der Waals surface area (Å²) in [6, 6.07) is 14.6. The van der Waals surface area contributed by atoms with Gasteiger partial charge in [-0.15, -0.1) is 11.3 Å². The van der Waals surface area contributed by atoms with Crippen LogP contribution in [0.15, 0.2) is 53.4 Å². The van der Waals surface area contributed by atoms with E-state index in [1.54, 1.807) is 42.6 Å². The third kappa shape index (κ3) is 5.60. The van der Waals surface area contributed by atoms with E-state index in [4.69, 9.17) is 0 Å². The molecule has 7 nitrogen and oxygen atoms in total. The van der Waals surface area contributed by atoms with Gasteiger partial charge in [0.15, 0.2) is 0 Å². The summed E-state index contributed by atoms with van der Waals surface area (Å²) in [5.41, 5.74) is 1.27. The number of anilines is 1. The fourth-order valence-electron chi connectivity index (χ4n) is 4.30. The molecule has 176 valence electrons. The van der Waals surface area contributed by atoms with Gasteiger partial charge in [0.25, 0.3) is 0 Å². The highest BCUT2D eigenvalue weighted by Crippen LogP contribution is 2.30. The van der Waals surface area contributed by atoms with Gasteiger partial charge in [-0.2, -0.15) is 4.31 Å². The fourth-order valence-corrected chi connectivity index (χ4v) is 6.91. The Morgan fingerprint density at radius 3 is 2.52 bits per heavy atom. The van der Waals surface area contributed by atoms with E-state index >= 15 is 0 Å². The SMILES string of the molecule is CN(CC(=O)Nc1ccccc1S(=O)(=O)N(C)C1CCCCC1)Cc1nc2ccccc2s1. The molecule has 1 fully saturated rings. The highest BCUT2D eigenvalue weighted by Gasteiger charge is 2.31. The fraction of sp³-hybridized carbons (Fsp3) is 0.417. The van der Waals surface area contributed by atoms with Crippen LogP contribution in [0.25, 0.3) is 10.2 Å². The number of para-hydroxylation sites is 2. The number of sulfonamides is 1. The predicted molar refractivity (Wildman–Crippen MR) is 133 cm³/mol. The van der Waals surface area contributed by atoms with E-state index < -0.39 is 10.0 Å². The molecule has 3 aromatic rings. The van der Waals surface area contributed by atoms with E-state index in [-0.39, 0.29) is 23.4 Å². The van der Waals surface area contributed by atoms with Gasteiger partial charge in [0.1, 0.15) is 9.90 Å². The van der Waals surface area contributed by atoms with Crippen molar-refractivity contribution in [1.29, 1.82) is 0 Å². The summed E-state index contributed by atoms with van der Waals surface area (Å²) in [6.07, 6.45) is 5.00. The van der Waals surface area contributed by atoms with Crippen molar-refractivity contribution in [1.82, 2.24) is 14.2 Å². The van der Waals surface area contributed by atoms with E-state index in [9.17, 15) is 13.2 Å². The van der Waals surface area contributed by atoms with Crippen molar-refractivity contribution in [2.75, 3.05) is 26.0 Å². The molecule has 1 aliphatic carbocycles. The highest BCUT2D eigenvalue weighted by molar-refractivity contribution is 7.89. The molecular formula is C24H30N4O3S2. The van der Waals surface area contributed by atoms with Crippen molar-refractivity contribution >= 4 is 43.2 Å². The van der Waals surface area contributed by atoms with E-state index in [0.717, 1.165) is 47.3 Å².